The summed E-state index contributed by atoms with van der Waals surface area (Å²) in [5.74, 6) is 0. The number of halogens is 6. The molecule has 0 N–H and O–H groups in total. The van der Waals surface area contributed by atoms with E-state index in [0.29, 0.717) is 6.04 Å². The average molecular weight is 389 g/mol. The van der Waals surface area contributed by atoms with Crippen LogP contribution < -0.4 is 0 Å². The van der Waals surface area contributed by atoms with E-state index in [4.69, 9.17) is 4.74 Å². The van der Waals surface area contributed by atoms with Gasteiger partial charge in [-0.25, -0.2) is 0 Å². The van der Waals surface area contributed by atoms with Crippen molar-refractivity contribution in [2.75, 3.05) is 27.7 Å². The molecule has 1 aromatic rings. The Morgan fingerprint density at radius 1 is 1.12 bits per heavy atom. The topological polar surface area (TPSA) is 9.23 Å². The van der Waals surface area contributed by atoms with Gasteiger partial charge in [-0.1, -0.05) is 18.2 Å². The first-order valence-corrected chi connectivity index (χ1v) is 9.84. The van der Waals surface area contributed by atoms with Crippen molar-refractivity contribution in [3.63, 3.8) is 0 Å². The van der Waals surface area contributed by atoms with Gasteiger partial charge in [-0.2, -0.15) is 0 Å². The van der Waals surface area contributed by atoms with Crippen LogP contribution in [0.4, 0.5) is 25.2 Å². The van der Waals surface area contributed by atoms with Gasteiger partial charge in [0.1, 0.15) is 12.6 Å². The van der Waals surface area contributed by atoms with Crippen LogP contribution in [-0.4, -0.2) is 32.2 Å². The van der Waals surface area contributed by atoms with Gasteiger partial charge in [0.15, 0.2) is 0 Å². The molecule has 2 aliphatic rings. The molecule has 0 fully saturated rings. The molecule has 1 heterocycles. The Kier molecular flexibility index (Phi) is 4.50. The summed E-state index contributed by atoms with van der Waals surface area (Å²) < 4.78 is 65.5. The van der Waals surface area contributed by atoms with Gasteiger partial charge in [-0.3, -0.25) is 0 Å². The summed E-state index contributed by atoms with van der Waals surface area (Å²) in [4.78, 5) is 0. The fourth-order valence-corrected chi connectivity index (χ4v) is 3.71. The van der Waals surface area contributed by atoms with Crippen molar-refractivity contribution >= 4 is 13.4 Å². The van der Waals surface area contributed by atoms with Crippen LogP contribution in [0.3, 0.4) is 0 Å². The van der Waals surface area contributed by atoms with Crippen LogP contribution in [0, 0.1) is 0 Å². The molecule has 2 nitrogen and oxygen atoms in total. The Balaban J connectivity index is 0.000000277. The van der Waals surface area contributed by atoms with Crippen molar-refractivity contribution in [1.82, 2.24) is 0 Å². The van der Waals surface area contributed by atoms with Crippen molar-refractivity contribution < 1.29 is 34.4 Å². The summed E-state index contributed by atoms with van der Waals surface area (Å²) in [5, 5.41) is 0. The Hall–Kier alpha value is -1.27. The predicted molar refractivity (Wildman–Crippen MR) is 87.7 cm³/mol. The molecule has 144 valence electrons. The number of hydrogen-bond donors (Lipinski definition) is 0. The van der Waals surface area contributed by atoms with E-state index in [-0.39, 0.29) is 0 Å². The number of aryl methyl sites for hydroxylation is 1. The third-order valence-corrected chi connectivity index (χ3v) is 4.48. The molecule has 1 unspecified atom stereocenters. The molecular weight excluding hydrogens is 367 g/mol. The van der Waals surface area contributed by atoms with E-state index < -0.39 is 7.81 Å². The Bertz CT molecular complexity index is 685. The van der Waals surface area contributed by atoms with Crippen molar-refractivity contribution in [3.05, 3.63) is 41.2 Å². The van der Waals surface area contributed by atoms with Crippen LogP contribution in [0.2, 0.25) is 0 Å². The fourth-order valence-electron chi connectivity index (χ4n) is 3.71. The van der Waals surface area contributed by atoms with E-state index in [9.17, 15) is 25.2 Å². The first-order chi connectivity index (χ1) is 11.1. The van der Waals surface area contributed by atoms with Gasteiger partial charge in [0, 0.05) is 17.6 Å². The number of quaternary nitrogens is 1. The molecular formula is C16H22F6NOP. The van der Waals surface area contributed by atoms with Crippen LogP contribution in [0.15, 0.2) is 24.5 Å². The number of ether oxygens (including phenoxy) is 1. The molecule has 0 aromatic heterocycles. The van der Waals surface area contributed by atoms with Crippen molar-refractivity contribution in [2.24, 2.45) is 0 Å². The summed E-state index contributed by atoms with van der Waals surface area (Å²) in [6, 6.07) is 7.44. The van der Waals surface area contributed by atoms with Crippen LogP contribution >= 0.6 is 7.81 Å². The second-order valence-electron chi connectivity index (χ2n) is 7.06. The average Bonchev–Trinajstić information content (AvgIpc) is 2.41. The van der Waals surface area contributed by atoms with E-state index >= 15 is 0 Å². The normalized spacial score (nSPS) is 25.8. The molecule has 25 heavy (non-hydrogen) atoms. The standard InChI is InChI=1S/C16H22NO.F6P/c1-17(2)10-13(11-18-3)14-8-4-6-12-7-5-9-15(17)16(12)14;1-7(2,3,4,5)6/h4,6,8,11,15H,5,7,9-10H2,1-3H3;/q+1;-1/b13-11-;. The van der Waals surface area contributed by atoms with Gasteiger partial charge >= 0.3 is 33.0 Å². The first-order valence-electron chi connectivity index (χ1n) is 7.81. The quantitative estimate of drug-likeness (QED) is 0.230. The summed E-state index contributed by atoms with van der Waals surface area (Å²) in [6.45, 7) is 1.06. The fraction of sp³-hybridized carbons (Fsp3) is 0.500. The number of hydrogen-bond acceptors (Lipinski definition) is 1. The van der Waals surface area contributed by atoms with Gasteiger partial charge in [-0.15, -0.1) is 0 Å². The number of nitrogens with zero attached hydrogens (tertiary/aromatic N) is 1. The Morgan fingerprint density at radius 2 is 1.72 bits per heavy atom. The monoisotopic (exact) mass is 389 g/mol. The van der Waals surface area contributed by atoms with Crippen LogP contribution in [0.1, 0.15) is 35.6 Å². The molecule has 0 saturated carbocycles. The van der Waals surface area contributed by atoms with E-state index in [1.807, 2.05) is 6.26 Å². The minimum atomic E-state index is -10.7. The zero-order chi connectivity index (χ0) is 19.2. The molecule has 0 spiro atoms. The first kappa shape index (κ1) is 20.0. The molecule has 1 atom stereocenters. The summed E-state index contributed by atoms with van der Waals surface area (Å²) in [6.07, 6.45) is 5.81. The summed E-state index contributed by atoms with van der Waals surface area (Å²) in [5.41, 5.74) is 5.91. The minimum absolute atomic E-state index is 0.666. The molecule has 3 rings (SSSR count). The summed E-state index contributed by atoms with van der Waals surface area (Å²) >= 11 is 0. The Labute approximate surface area is 142 Å². The third-order valence-electron chi connectivity index (χ3n) is 4.48. The van der Waals surface area contributed by atoms with E-state index in [1.54, 1.807) is 18.2 Å². The van der Waals surface area contributed by atoms with Crippen molar-refractivity contribution in [1.29, 1.82) is 0 Å². The molecule has 1 aromatic carbocycles. The van der Waals surface area contributed by atoms with Crippen LogP contribution in [-0.2, 0) is 11.2 Å². The molecule has 0 radical (unpaired) electrons. The van der Waals surface area contributed by atoms with E-state index in [2.05, 4.69) is 32.3 Å². The van der Waals surface area contributed by atoms with Gasteiger partial charge in [0.05, 0.1) is 27.5 Å². The predicted octanol–water partition coefficient (Wildman–Crippen LogP) is 6.52. The SMILES string of the molecule is CO/C=C1/C[N+](C)(C)C2CCCc3cccc1c32.F[P-](F)(F)(F)(F)F. The molecule has 0 amide bonds. The molecule has 9 heteroatoms. The zero-order valence-corrected chi connectivity index (χ0v) is 15.2. The molecule has 0 bridgehead atoms. The second kappa shape index (κ2) is 5.61. The van der Waals surface area contributed by atoms with Gasteiger partial charge in [-0.05, 0) is 24.0 Å². The van der Waals surface area contributed by atoms with Gasteiger partial charge in [0.2, 0.25) is 0 Å². The number of likely N-dealkylation sites (N-methyl/N-ethyl adjacent to an activating group) is 1. The number of benzene rings is 1. The zero-order valence-electron chi connectivity index (χ0n) is 14.3. The van der Waals surface area contributed by atoms with Crippen LogP contribution in [0.25, 0.3) is 5.57 Å². The number of methoxy groups -OCH3 is 1. The van der Waals surface area contributed by atoms with E-state index in [1.165, 1.54) is 30.4 Å². The number of rotatable bonds is 1. The maximum absolute atomic E-state index is 10.7. The molecule has 1 aliphatic heterocycles. The van der Waals surface area contributed by atoms with Crippen LogP contribution in [0.5, 0.6) is 0 Å². The van der Waals surface area contributed by atoms with Crippen molar-refractivity contribution in [2.45, 2.75) is 25.3 Å². The second-order valence-corrected chi connectivity index (χ2v) is 8.98. The summed E-state index contributed by atoms with van der Waals surface area (Å²) in [7, 11) is -4.22. The van der Waals surface area contributed by atoms with Gasteiger partial charge in [0.25, 0.3) is 0 Å². The third kappa shape index (κ3) is 5.89. The Morgan fingerprint density at radius 3 is 2.28 bits per heavy atom. The maximum atomic E-state index is 9.87. The van der Waals surface area contributed by atoms with Crippen molar-refractivity contribution in [3.8, 4) is 0 Å². The van der Waals surface area contributed by atoms with E-state index in [0.717, 1.165) is 11.0 Å². The molecule has 0 saturated heterocycles. The molecule has 1 aliphatic carbocycles. The van der Waals surface area contributed by atoms with Gasteiger partial charge < -0.3 is 9.22 Å².